The normalized spacial score (nSPS) is 12.2. The van der Waals surface area contributed by atoms with Gasteiger partial charge >= 0.3 is 5.97 Å². The van der Waals surface area contributed by atoms with Gasteiger partial charge in [0.1, 0.15) is 0 Å². The summed E-state index contributed by atoms with van der Waals surface area (Å²) in [7, 11) is -0.752. The third-order valence-corrected chi connectivity index (χ3v) is 6.62. The van der Waals surface area contributed by atoms with E-state index >= 15 is 0 Å². The molecule has 1 N–H and O–H groups in total. The van der Waals surface area contributed by atoms with Crippen molar-refractivity contribution in [3.63, 3.8) is 0 Å². The summed E-state index contributed by atoms with van der Waals surface area (Å²) in [6, 6.07) is 22.3. The molecule has 0 bridgehead atoms. The number of sulfonamides is 1. The Balaban J connectivity index is 1.69. The third kappa shape index (κ3) is 5.22. The fraction of sp³-hybridized carbons (Fsp3) is 0.167. The van der Waals surface area contributed by atoms with Gasteiger partial charge in [0.15, 0.2) is 6.10 Å². The molecule has 3 aromatic rings. The Hall–Kier alpha value is -3.49. The van der Waals surface area contributed by atoms with Crippen molar-refractivity contribution in [3.8, 4) is 11.1 Å². The molecule has 32 heavy (non-hydrogen) atoms. The Labute approximate surface area is 187 Å². The van der Waals surface area contributed by atoms with Gasteiger partial charge in [0, 0.05) is 25.3 Å². The minimum absolute atomic E-state index is 0.0577. The van der Waals surface area contributed by atoms with Crippen LogP contribution >= 0.6 is 0 Å². The van der Waals surface area contributed by atoms with Crippen LogP contribution in [0, 0.1) is 0 Å². The van der Waals surface area contributed by atoms with Crippen molar-refractivity contribution in [2.24, 2.45) is 0 Å². The average Bonchev–Trinajstić information content (AvgIpc) is 2.80. The van der Waals surface area contributed by atoms with E-state index in [2.05, 4.69) is 5.32 Å². The van der Waals surface area contributed by atoms with Crippen LogP contribution in [0.1, 0.15) is 17.3 Å². The number of hydrogen-bond donors (Lipinski definition) is 1. The van der Waals surface area contributed by atoms with E-state index < -0.39 is 28.0 Å². The SMILES string of the molecule is CC(OC(=O)c1ccc(S(=O)(=O)N(C)C)cc1)C(=O)Nc1ccccc1-c1ccccc1. The van der Waals surface area contributed by atoms with Gasteiger partial charge in [-0.1, -0.05) is 48.5 Å². The molecule has 0 aliphatic heterocycles. The van der Waals surface area contributed by atoms with Gasteiger partial charge in [0.2, 0.25) is 10.0 Å². The highest BCUT2D eigenvalue weighted by atomic mass is 32.2. The van der Waals surface area contributed by atoms with Gasteiger partial charge in [0.25, 0.3) is 5.91 Å². The molecule has 8 heteroatoms. The summed E-state index contributed by atoms with van der Waals surface area (Å²) in [4.78, 5) is 25.1. The minimum atomic E-state index is -3.60. The maximum Gasteiger partial charge on any atom is 0.338 e. The molecular weight excluding hydrogens is 428 g/mol. The molecule has 1 atom stereocenters. The molecule has 0 aliphatic rings. The van der Waals surface area contributed by atoms with Gasteiger partial charge in [-0.3, -0.25) is 4.79 Å². The number of hydrogen-bond acceptors (Lipinski definition) is 5. The molecule has 3 aromatic carbocycles. The Morgan fingerprint density at radius 3 is 2.09 bits per heavy atom. The van der Waals surface area contributed by atoms with E-state index in [1.807, 2.05) is 48.5 Å². The number of ether oxygens (including phenoxy) is 1. The molecule has 0 spiro atoms. The molecule has 0 fully saturated rings. The standard InChI is InChI=1S/C24H24N2O5S/c1-17(31-24(28)19-13-15-20(16-14-19)32(29,30)26(2)3)23(27)25-22-12-8-7-11-21(22)18-9-5-4-6-10-18/h4-17H,1-3H3,(H,25,27). The molecule has 0 saturated heterocycles. The summed E-state index contributed by atoms with van der Waals surface area (Å²) in [5.41, 5.74) is 2.54. The van der Waals surface area contributed by atoms with Gasteiger partial charge in [-0.15, -0.1) is 0 Å². The van der Waals surface area contributed by atoms with Crippen LogP contribution in [-0.2, 0) is 19.6 Å². The summed E-state index contributed by atoms with van der Waals surface area (Å²) in [5.74, 6) is -1.20. The van der Waals surface area contributed by atoms with Crippen molar-refractivity contribution < 1.29 is 22.7 Å². The second-order valence-corrected chi connectivity index (χ2v) is 9.41. The number of amides is 1. The lowest BCUT2D eigenvalue weighted by atomic mass is 10.0. The van der Waals surface area contributed by atoms with Gasteiger partial charge < -0.3 is 10.1 Å². The zero-order valence-corrected chi connectivity index (χ0v) is 18.8. The maximum absolute atomic E-state index is 12.7. The maximum atomic E-state index is 12.7. The number of nitrogens with zero attached hydrogens (tertiary/aromatic N) is 1. The lowest BCUT2D eigenvalue weighted by molar-refractivity contribution is -0.123. The minimum Gasteiger partial charge on any atom is -0.449 e. The van der Waals surface area contributed by atoms with Crippen molar-refractivity contribution in [1.29, 1.82) is 0 Å². The quantitative estimate of drug-likeness (QED) is 0.551. The van der Waals surface area contributed by atoms with Gasteiger partial charge in [-0.25, -0.2) is 17.5 Å². The highest BCUT2D eigenvalue weighted by Crippen LogP contribution is 2.27. The van der Waals surface area contributed by atoms with Crippen LogP contribution in [0.4, 0.5) is 5.69 Å². The summed E-state index contributed by atoms with van der Waals surface area (Å²) < 4.78 is 30.6. The van der Waals surface area contributed by atoms with Crippen LogP contribution in [0.15, 0.2) is 83.8 Å². The molecule has 1 amide bonds. The number of rotatable bonds is 7. The molecule has 166 valence electrons. The molecule has 0 radical (unpaired) electrons. The van der Waals surface area contributed by atoms with Gasteiger partial charge in [-0.05, 0) is 42.8 Å². The monoisotopic (exact) mass is 452 g/mol. The zero-order valence-electron chi connectivity index (χ0n) is 18.0. The summed E-state index contributed by atoms with van der Waals surface area (Å²) >= 11 is 0. The van der Waals surface area contributed by atoms with Crippen molar-refractivity contribution in [3.05, 3.63) is 84.4 Å². The molecule has 0 aromatic heterocycles. The second kappa shape index (κ2) is 9.76. The first kappa shape index (κ1) is 23.2. The highest BCUT2D eigenvalue weighted by molar-refractivity contribution is 7.89. The van der Waals surface area contributed by atoms with E-state index in [1.165, 1.54) is 45.3 Å². The molecule has 3 rings (SSSR count). The van der Waals surface area contributed by atoms with Crippen LogP contribution in [-0.4, -0.2) is 44.8 Å². The van der Waals surface area contributed by atoms with Crippen LogP contribution in [0.2, 0.25) is 0 Å². The molecule has 0 saturated carbocycles. The van der Waals surface area contributed by atoms with Crippen molar-refractivity contribution in [2.45, 2.75) is 17.9 Å². The number of para-hydroxylation sites is 1. The number of carbonyl (C=O) groups excluding carboxylic acids is 2. The third-order valence-electron chi connectivity index (χ3n) is 4.79. The van der Waals surface area contributed by atoms with Gasteiger partial charge in [0.05, 0.1) is 10.5 Å². The first-order valence-corrected chi connectivity index (χ1v) is 11.3. The lowest BCUT2D eigenvalue weighted by Crippen LogP contribution is -2.30. The smallest absolute Gasteiger partial charge is 0.338 e. The Kier molecular flexibility index (Phi) is 7.07. The molecule has 0 aliphatic carbocycles. The molecule has 0 heterocycles. The van der Waals surface area contributed by atoms with E-state index in [-0.39, 0.29) is 10.5 Å². The second-order valence-electron chi connectivity index (χ2n) is 7.26. The van der Waals surface area contributed by atoms with Gasteiger partial charge in [-0.2, -0.15) is 0 Å². The fourth-order valence-electron chi connectivity index (χ4n) is 2.95. The van der Waals surface area contributed by atoms with Crippen molar-refractivity contribution in [1.82, 2.24) is 4.31 Å². The molecule has 7 nitrogen and oxygen atoms in total. The Morgan fingerprint density at radius 1 is 0.875 bits per heavy atom. The topological polar surface area (TPSA) is 92.8 Å². The predicted octanol–water partition coefficient (Wildman–Crippen LogP) is 3.79. The number of nitrogens with one attached hydrogen (secondary N) is 1. The number of carbonyl (C=O) groups is 2. The van der Waals surface area contributed by atoms with E-state index in [1.54, 1.807) is 6.07 Å². The van der Waals surface area contributed by atoms with Crippen molar-refractivity contribution >= 4 is 27.6 Å². The summed E-state index contributed by atoms with van der Waals surface area (Å²) in [6.07, 6.45) is -1.06. The average molecular weight is 453 g/mol. The molecule has 1 unspecified atom stereocenters. The lowest BCUT2D eigenvalue weighted by Gasteiger charge is -2.16. The summed E-state index contributed by atoms with van der Waals surface area (Å²) in [6.45, 7) is 1.48. The van der Waals surface area contributed by atoms with Crippen LogP contribution in [0.5, 0.6) is 0 Å². The molecular formula is C24H24N2O5S. The van der Waals surface area contributed by atoms with Crippen LogP contribution < -0.4 is 5.32 Å². The van der Waals surface area contributed by atoms with Crippen LogP contribution in [0.25, 0.3) is 11.1 Å². The fourth-order valence-corrected chi connectivity index (χ4v) is 3.85. The number of anilines is 1. The van der Waals surface area contributed by atoms with E-state index in [0.717, 1.165) is 15.4 Å². The first-order valence-electron chi connectivity index (χ1n) is 9.89. The number of esters is 1. The highest BCUT2D eigenvalue weighted by Gasteiger charge is 2.22. The Bertz CT molecular complexity index is 1210. The summed E-state index contributed by atoms with van der Waals surface area (Å²) in [5, 5.41) is 2.81. The zero-order chi connectivity index (χ0) is 23.3. The van der Waals surface area contributed by atoms with Crippen LogP contribution in [0.3, 0.4) is 0 Å². The first-order chi connectivity index (χ1) is 15.2. The predicted molar refractivity (Wildman–Crippen MR) is 123 cm³/mol. The Morgan fingerprint density at radius 2 is 1.47 bits per heavy atom. The van der Waals surface area contributed by atoms with E-state index in [9.17, 15) is 18.0 Å². The number of benzene rings is 3. The largest absolute Gasteiger partial charge is 0.449 e. The van der Waals surface area contributed by atoms with E-state index in [0.29, 0.717) is 5.69 Å². The van der Waals surface area contributed by atoms with E-state index in [4.69, 9.17) is 4.74 Å². The van der Waals surface area contributed by atoms with Crippen molar-refractivity contribution in [2.75, 3.05) is 19.4 Å².